The maximum Gasteiger partial charge on any atom is 0.224 e. The van der Waals surface area contributed by atoms with E-state index < -0.39 is 0 Å². The molecule has 2 atom stereocenters. The van der Waals surface area contributed by atoms with Gasteiger partial charge in [0.05, 0.1) is 0 Å². The van der Waals surface area contributed by atoms with Crippen LogP contribution in [-0.2, 0) is 4.79 Å². The van der Waals surface area contributed by atoms with Crippen LogP contribution in [-0.4, -0.2) is 79.0 Å². The van der Waals surface area contributed by atoms with Crippen LogP contribution in [0.25, 0.3) is 0 Å². The maximum atomic E-state index is 12.3. The van der Waals surface area contributed by atoms with E-state index >= 15 is 0 Å². The Bertz CT molecular complexity index is 294. The first-order chi connectivity index (χ1) is 9.57. The Kier molecular flexibility index (Phi) is 7.48. The van der Waals surface area contributed by atoms with Gasteiger partial charge in [-0.25, -0.2) is 0 Å². The van der Waals surface area contributed by atoms with Gasteiger partial charge in [0.15, 0.2) is 0 Å². The third-order valence-corrected chi connectivity index (χ3v) is 4.59. The second-order valence-corrected chi connectivity index (χ2v) is 5.70. The van der Waals surface area contributed by atoms with Crippen LogP contribution in [0.4, 0.5) is 0 Å². The van der Waals surface area contributed by atoms with Gasteiger partial charge in [-0.3, -0.25) is 9.69 Å². The first-order valence-corrected chi connectivity index (χ1v) is 7.99. The monoisotopic (exact) mass is 284 g/mol. The summed E-state index contributed by atoms with van der Waals surface area (Å²) in [7, 11) is 2.18. The fraction of sp³-hybridized carbons (Fsp3) is 0.933. The Hall–Kier alpha value is -0.650. The average Bonchev–Trinajstić information content (AvgIpc) is 2.46. The lowest BCUT2D eigenvalue weighted by molar-refractivity contribution is -0.132. The molecule has 0 radical (unpaired) electrons. The molecule has 1 aliphatic rings. The van der Waals surface area contributed by atoms with Crippen LogP contribution in [0.3, 0.4) is 0 Å². The van der Waals surface area contributed by atoms with Crippen molar-refractivity contribution in [1.82, 2.24) is 14.7 Å². The van der Waals surface area contributed by atoms with Crippen LogP contribution in [0, 0.1) is 0 Å². The van der Waals surface area contributed by atoms with Crippen LogP contribution in [0.5, 0.6) is 0 Å². The molecule has 1 amide bonds. The van der Waals surface area contributed by atoms with Crippen molar-refractivity contribution in [2.24, 2.45) is 5.73 Å². The summed E-state index contributed by atoms with van der Waals surface area (Å²) >= 11 is 0. The van der Waals surface area contributed by atoms with Crippen LogP contribution < -0.4 is 5.73 Å². The Morgan fingerprint density at radius 3 is 2.45 bits per heavy atom. The molecule has 1 heterocycles. The lowest BCUT2D eigenvalue weighted by atomic mass is 10.1. The fourth-order valence-electron chi connectivity index (χ4n) is 3.01. The first kappa shape index (κ1) is 17.4. The summed E-state index contributed by atoms with van der Waals surface area (Å²) in [4.78, 5) is 19.0. The molecule has 0 aromatic rings. The van der Waals surface area contributed by atoms with Crippen LogP contribution in [0.1, 0.15) is 33.6 Å². The van der Waals surface area contributed by atoms with Gasteiger partial charge in [-0.1, -0.05) is 6.92 Å². The number of rotatable bonds is 7. The minimum absolute atomic E-state index is 0.186. The summed E-state index contributed by atoms with van der Waals surface area (Å²) in [5, 5.41) is 0. The number of hydrogen-bond acceptors (Lipinski definition) is 4. The molecule has 0 aliphatic carbocycles. The number of hydrogen-bond donors (Lipinski definition) is 1. The molecule has 1 fully saturated rings. The second-order valence-electron chi connectivity index (χ2n) is 5.70. The van der Waals surface area contributed by atoms with Crippen LogP contribution in [0.15, 0.2) is 0 Å². The van der Waals surface area contributed by atoms with Gasteiger partial charge in [0.2, 0.25) is 5.91 Å². The number of nitrogens with two attached hydrogens (primary N) is 1. The molecule has 1 saturated heterocycles. The summed E-state index contributed by atoms with van der Waals surface area (Å²) in [5.74, 6) is 0.234. The van der Waals surface area contributed by atoms with E-state index in [1.54, 1.807) is 0 Å². The molecule has 20 heavy (non-hydrogen) atoms. The smallest absolute Gasteiger partial charge is 0.224 e. The van der Waals surface area contributed by atoms with E-state index in [1.165, 1.54) is 0 Å². The van der Waals surface area contributed by atoms with Gasteiger partial charge in [-0.2, -0.15) is 0 Å². The predicted molar refractivity (Wildman–Crippen MR) is 83.7 cm³/mol. The van der Waals surface area contributed by atoms with Crippen molar-refractivity contribution >= 4 is 5.91 Å². The summed E-state index contributed by atoms with van der Waals surface area (Å²) in [5.41, 5.74) is 5.93. The zero-order valence-corrected chi connectivity index (χ0v) is 13.6. The van der Waals surface area contributed by atoms with Crippen LogP contribution >= 0.6 is 0 Å². The molecule has 0 bridgehead atoms. The Morgan fingerprint density at radius 1 is 1.30 bits per heavy atom. The molecule has 0 aromatic carbocycles. The van der Waals surface area contributed by atoms with Gasteiger partial charge in [0.25, 0.3) is 0 Å². The van der Waals surface area contributed by atoms with Crippen molar-refractivity contribution in [3.05, 3.63) is 0 Å². The van der Waals surface area contributed by atoms with Crippen molar-refractivity contribution in [2.45, 2.75) is 45.7 Å². The lowest BCUT2D eigenvalue weighted by Crippen LogP contribution is -2.56. The molecule has 2 N–H and O–H groups in total. The number of carbonyl (C=O) groups excluding carboxylic acids is 1. The number of carbonyl (C=O) groups is 1. The first-order valence-electron chi connectivity index (χ1n) is 7.99. The number of nitrogens with zero attached hydrogens (tertiary/aromatic N) is 3. The Labute approximate surface area is 124 Å². The molecule has 5 heteroatoms. The zero-order valence-electron chi connectivity index (χ0n) is 13.6. The number of amides is 1. The zero-order chi connectivity index (χ0) is 15.1. The van der Waals surface area contributed by atoms with Gasteiger partial charge < -0.3 is 15.5 Å². The summed E-state index contributed by atoms with van der Waals surface area (Å²) in [6.45, 7) is 11.5. The highest BCUT2D eigenvalue weighted by Crippen LogP contribution is 2.15. The fourth-order valence-corrected chi connectivity index (χ4v) is 3.01. The Balaban J connectivity index is 2.59. The van der Waals surface area contributed by atoms with Gasteiger partial charge in [-0.05, 0) is 27.3 Å². The van der Waals surface area contributed by atoms with Crippen molar-refractivity contribution in [1.29, 1.82) is 0 Å². The van der Waals surface area contributed by atoms with E-state index in [4.69, 9.17) is 5.73 Å². The summed E-state index contributed by atoms with van der Waals surface area (Å²) in [6, 6.07) is 0.771. The third-order valence-electron chi connectivity index (χ3n) is 4.59. The maximum absolute atomic E-state index is 12.3. The standard InChI is InChI=1S/C15H32N4O/c1-5-13-12-19(9-8-17(13)4)14(11-16)10-15(20)18(6-2)7-3/h13-14H,5-12,16H2,1-4H3. The van der Waals surface area contributed by atoms with Crippen molar-refractivity contribution in [3.63, 3.8) is 0 Å². The second kappa shape index (κ2) is 8.60. The number of likely N-dealkylation sites (N-methyl/N-ethyl adjacent to an activating group) is 1. The highest BCUT2D eigenvalue weighted by atomic mass is 16.2. The largest absolute Gasteiger partial charge is 0.343 e. The van der Waals surface area contributed by atoms with Crippen molar-refractivity contribution < 1.29 is 4.79 Å². The van der Waals surface area contributed by atoms with E-state index in [-0.39, 0.29) is 11.9 Å². The molecule has 1 aliphatic heterocycles. The molecule has 2 unspecified atom stereocenters. The molecule has 118 valence electrons. The molecule has 1 rings (SSSR count). The van der Waals surface area contributed by atoms with Gasteiger partial charge in [0, 0.05) is 57.8 Å². The molecule has 5 nitrogen and oxygen atoms in total. The topological polar surface area (TPSA) is 52.8 Å². The van der Waals surface area contributed by atoms with Crippen LogP contribution in [0.2, 0.25) is 0 Å². The highest BCUT2D eigenvalue weighted by molar-refractivity contribution is 5.76. The molecular weight excluding hydrogens is 252 g/mol. The van der Waals surface area contributed by atoms with E-state index in [9.17, 15) is 4.79 Å². The molecule has 0 aromatic heterocycles. The highest BCUT2D eigenvalue weighted by Gasteiger charge is 2.29. The van der Waals surface area contributed by atoms with E-state index in [2.05, 4.69) is 23.8 Å². The van der Waals surface area contributed by atoms with Crippen molar-refractivity contribution in [2.75, 3.05) is 46.3 Å². The summed E-state index contributed by atoms with van der Waals surface area (Å²) < 4.78 is 0. The third kappa shape index (κ3) is 4.43. The van der Waals surface area contributed by atoms with Gasteiger partial charge in [0.1, 0.15) is 0 Å². The SMILES string of the molecule is CCC1CN(C(CN)CC(=O)N(CC)CC)CCN1C. The Morgan fingerprint density at radius 2 is 1.95 bits per heavy atom. The average molecular weight is 284 g/mol. The predicted octanol–water partition coefficient (Wildman–Crippen LogP) is 0.598. The lowest BCUT2D eigenvalue weighted by Gasteiger charge is -2.42. The van der Waals surface area contributed by atoms with Crippen molar-refractivity contribution in [3.8, 4) is 0 Å². The van der Waals surface area contributed by atoms with E-state index in [0.29, 0.717) is 19.0 Å². The molecular formula is C15H32N4O. The molecule has 0 spiro atoms. The number of piperazine rings is 1. The summed E-state index contributed by atoms with van der Waals surface area (Å²) in [6.07, 6.45) is 1.70. The minimum Gasteiger partial charge on any atom is -0.343 e. The van der Waals surface area contributed by atoms with E-state index in [0.717, 1.165) is 39.1 Å². The van der Waals surface area contributed by atoms with E-state index in [1.807, 2.05) is 18.7 Å². The van der Waals surface area contributed by atoms with Gasteiger partial charge in [-0.15, -0.1) is 0 Å². The quantitative estimate of drug-likeness (QED) is 0.744. The normalized spacial score (nSPS) is 22.8. The minimum atomic E-state index is 0.186. The molecule has 0 saturated carbocycles. The van der Waals surface area contributed by atoms with Gasteiger partial charge >= 0.3 is 0 Å².